The quantitative estimate of drug-likeness (QED) is 0.726. The molecule has 0 aromatic heterocycles. The maximum absolute atomic E-state index is 13.0. The van der Waals surface area contributed by atoms with Crippen LogP contribution in [0.4, 0.5) is 10.1 Å². The van der Waals surface area contributed by atoms with Crippen LogP contribution in [0.25, 0.3) is 0 Å². The lowest BCUT2D eigenvalue weighted by Crippen LogP contribution is -2.41. The number of hydrogen-bond donors (Lipinski definition) is 3. The van der Waals surface area contributed by atoms with Crippen LogP contribution in [0.5, 0.6) is 0 Å². The third-order valence-electron chi connectivity index (χ3n) is 3.16. The van der Waals surface area contributed by atoms with Crippen LogP contribution in [-0.2, 0) is 9.59 Å². The molecule has 7 heteroatoms. The summed E-state index contributed by atoms with van der Waals surface area (Å²) in [5, 5.41) is 14.4. The van der Waals surface area contributed by atoms with Crippen molar-refractivity contribution in [2.75, 3.05) is 11.9 Å². The van der Waals surface area contributed by atoms with Gasteiger partial charge in [-0.1, -0.05) is 31.9 Å². The molecule has 0 bridgehead atoms. The van der Waals surface area contributed by atoms with E-state index in [9.17, 15) is 19.1 Å². The Morgan fingerprint density at radius 2 is 2.05 bits per heavy atom. The largest absolute Gasteiger partial charge is 0.391 e. The molecule has 0 radical (unpaired) electrons. The lowest BCUT2D eigenvalue weighted by atomic mass is 10.0. The van der Waals surface area contributed by atoms with E-state index < -0.39 is 23.7 Å². The molecule has 0 aliphatic heterocycles. The SMILES string of the molecule is CCC(C)C(O)CNC(=O)C(=O)Nc1cc(F)ccc1Cl. The highest BCUT2D eigenvalue weighted by atomic mass is 35.5. The van der Waals surface area contributed by atoms with Gasteiger partial charge in [0.2, 0.25) is 0 Å². The molecule has 21 heavy (non-hydrogen) atoms. The molecule has 0 fully saturated rings. The Kier molecular flexibility index (Phi) is 6.58. The molecule has 2 unspecified atom stereocenters. The van der Waals surface area contributed by atoms with Gasteiger partial charge in [0, 0.05) is 6.54 Å². The fraction of sp³-hybridized carbons (Fsp3) is 0.429. The Morgan fingerprint density at radius 3 is 2.67 bits per heavy atom. The van der Waals surface area contributed by atoms with Crippen molar-refractivity contribution < 1.29 is 19.1 Å². The number of aliphatic hydroxyl groups excluding tert-OH is 1. The van der Waals surface area contributed by atoms with Gasteiger partial charge in [-0.2, -0.15) is 0 Å². The molecule has 0 aliphatic rings. The Hall–Kier alpha value is -1.66. The Bertz CT molecular complexity index is 525. The van der Waals surface area contributed by atoms with Crippen LogP contribution >= 0.6 is 11.6 Å². The smallest absolute Gasteiger partial charge is 0.313 e. The number of carbonyl (C=O) groups is 2. The molecule has 5 nitrogen and oxygen atoms in total. The van der Waals surface area contributed by atoms with Gasteiger partial charge in [0.05, 0.1) is 16.8 Å². The molecule has 0 aliphatic carbocycles. The van der Waals surface area contributed by atoms with Gasteiger partial charge in [0.15, 0.2) is 0 Å². The molecule has 0 saturated carbocycles. The van der Waals surface area contributed by atoms with Gasteiger partial charge < -0.3 is 15.7 Å². The summed E-state index contributed by atoms with van der Waals surface area (Å²) >= 11 is 5.78. The standard InChI is InChI=1S/C14H18ClFN2O3/c1-3-8(2)12(19)7-17-13(20)14(21)18-11-6-9(16)4-5-10(11)15/h4-6,8,12,19H,3,7H2,1-2H3,(H,17,20)(H,18,21). The lowest BCUT2D eigenvalue weighted by Gasteiger charge is -2.17. The van der Waals surface area contributed by atoms with E-state index in [1.807, 2.05) is 13.8 Å². The number of aliphatic hydroxyl groups is 1. The van der Waals surface area contributed by atoms with Crippen LogP contribution in [0.2, 0.25) is 5.02 Å². The molecule has 0 saturated heterocycles. The average Bonchev–Trinajstić information content (AvgIpc) is 2.47. The van der Waals surface area contributed by atoms with Crippen LogP contribution in [0.1, 0.15) is 20.3 Å². The highest BCUT2D eigenvalue weighted by Gasteiger charge is 2.18. The Morgan fingerprint density at radius 1 is 1.38 bits per heavy atom. The minimum Gasteiger partial charge on any atom is -0.391 e. The number of anilines is 1. The molecule has 1 aromatic rings. The van der Waals surface area contributed by atoms with Gasteiger partial charge in [-0.25, -0.2) is 4.39 Å². The number of amides is 2. The van der Waals surface area contributed by atoms with Crippen molar-refractivity contribution in [2.45, 2.75) is 26.4 Å². The van der Waals surface area contributed by atoms with Crippen LogP contribution in [0.3, 0.4) is 0 Å². The summed E-state index contributed by atoms with van der Waals surface area (Å²) in [7, 11) is 0. The topological polar surface area (TPSA) is 78.4 Å². The van der Waals surface area contributed by atoms with Crippen molar-refractivity contribution in [1.82, 2.24) is 5.32 Å². The van der Waals surface area contributed by atoms with Crippen molar-refractivity contribution in [3.8, 4) is 0 Å². The maximum Gasteiger partial charge on any atom is 0.313 e. The minimum atomic E-state index is -0.973. The highest BCUT2D eigenvalue weighted by Crippen LogP contribution is 2.22. The zero-order chi connectivity index (χ0) is 16.0. The minimum absolute atomic E-state index is 0.00558. The lowest BCUT2D eigenvalue weighted by molar-refractivity contribution is -0.136. The van der Waals surface area contributed by atoms with Crippen LogP contribution in [-0.4, -0.2) is 29.6 Å². The van der Waals surface area contributed by atoms with E-state index in [1.54, 1.807) is 0 Å². The summed E-state index contributed by atoms with van der Waals surface area (Å²) in [5.74, 6) is -2.47. The Balaban J connectivity index is 2.55. The van der Waals surface area contributed by atoms with E-state index in [-0.39, 0.29) is 23.2 Å². The second kappa shape index (κ2) is 7.95. The molecule has 116 valence electrons. The van der Waals surface area contributed by atoms with E-state index in [0.717, 1.165) is 18.6 Å². The van der Waals surface area contributed by atoms with Crippen molar-refractivity contribution in [3.05, 3.63) is 29.0 Å². The van der Waals surface area contributed by atoms with E-state index in [0.29, 0.717) is 0 Å². The maximum atomic E-state index is 13.0. The summed E-state index contributed by atoms with van der Waals surface area (Å²) in [5.41, 5.74) is 0.0132. The molecule has 1 aromatic carbocycles. The van der Waals surface area contributed by atoms with Crippen LogP contribution < -0.4 is 10.6 Å². The number of halogens is 2. The fourth-order valence-corrected chi connectivity index (χ4v) is 1.69. The zero-order valence-corrected chi connectivity index (χ0v) is 12.6. The van der Waals surface area contributed by atoms with Gasteiger partial charge in [-0.3, -0.25) is 9.59 Å². The molecule has 0 heterocycles. The Labute approximate surface area is 127 Å². The molecule has 2 amide bonds. The predicted molar refractivity (Wildman–Crippen MR) is 78.5 cm³/mol. The zero-order valence-electron chi connectivity index (χ0n) is 11.8. The number of hydrogen-bond acceptors (Lipinski definition) is 3. The predicted octanol–water partition coefficient (Wildman–Crippen LogP) is 1.94. The van der Waals surface area contributed by atoms with Crippen molar-refractivity contribution >= 4 is 29.1 Å². The fourth-order valence-electron chi connectivity index (χ4n) is 1.52. The van der Waals surface area contributed by atoms with Crippen molar-refractivity contribution in [2.24, 2.45) is 5.92 Å². The first-order chi connectivity index (χ1) is 9.85. The number of rotatable bonds is 5. The van der Waals surface area contributed by atoms with Gasteiger partial charge in [0.1, 0.15) is 5.82 Å². The summed E-state index contributed by atoms with van der Waals surface area (Å²) < 4.78 is 13.0. The van der Waals surface area contributed by atoms with E-state index in [1.165, 1.54) is 6.07 Å². The molecule has 3 N–H and O–H groups in total. The number of carbonyl (C=O) groups excluding carboxylic acids is 2. The first-order valence-electron chi connectivity index (χ1n) is 6.57. The van der Waals surface area contributed by atoms with Gasteiger partial charge in [0.25, 0.3) is 0 Å². The second-order valence-corrected chi connectivity index (χ2v) is 5.15. The third kappa shape index (κ3) is 5.32. The normalized spacial score (nSPS) is 13.4. The third-order valence-corrected chi connectivity index (χ3v) is 3.48. The summed E-state index contributed by atoms with van der Waals surface area (Å²) in [6.45, 7) is 3.72. The van der Waals surface area contributed by atoms with Crippen molar-refractivity contribution in [1.29, 1.82) is 0 Å². The number of benzene rings is 1. The monoisotopic (exact) mass is 316 g/mol. The summed E-state index contributed by atoms with van der Waals surface area (Å²) in [4.78, 5) is 23.2. The van der Waals surface area contributed by atoms with E-state index in [2.05, 4.69) is 10.6 Å². The van der Waals surface area contributed by atoms with E-state index in [4.69, 9.17) is 11.6 Å². The highest BCUT2D eigenvalue weighted by molar-refractivity contribution is 6.41. The van der Waals surface area contributed by atoms with Gasteiger partial charge in [-0.05, 0) is 24.1 Å². The molecular weight excluding hydrogens is 299 g/mol. The first-order valence-corrected chi connectivity index (χ1v) is 6.95. The first kappa shape index (κ1) is 17.4. The molecule has 2 atom stereocenters. The second-order valence-electron chi connectivity index (χ2n) is 4.74. The summed E-state index contributed by atoms with van der Waals surface area (Å²) in [6, 6.07) is 3.43. The van der Waals surface area contributed by atoms with Crippen LogP contribution in [0, 0.1) is 11.7 Å². The average molecular weight is 317 g/mol. The van der Waals surface area contributed by atoms with E-state index >= 15 is 0 Å². The molecule has 0 spiro atoms. The van der Waals surface area contributed by atoms with Crippen LogP contribution in [0.15, 0.2) is 18.2 Å². The molecule has 1 rings (SSSR count). The van der Waals surface area contributed by atoms with Gasteiger partial charge in [-0.15, -0.1) is 0 Å². The summed E-state index contributed by atoms with van der Waals surface area (Å²) in [6.07, 6.45) is 0.0202. The van der Waals surface area contributed by atoms with Gasteiger partial charge >= 0.3 is 11.8 Å². The number of nitrogens with one attached hydrogen (secondary N) is 2. The molecular formula is C14H18ClFN2O3. The van der Waals surface area contributed by atoms with Crippen molar-refractivity contribution in [3.63, 3.8) is 0 Å².